The van der Waals surface area contributed by atoms with Gasteiger partial charge in [0.2, 0.25) is 5.82 Å². The van der Waals surface area contributed by atoms with E-state index in [-0.39, 0.29) is 6.10 Å². The molecule has 7 nitrogen and oxygen atoms in total. The zero-order chi connectivity index (χ0) is 16.4. The Kier molecular flexibility index (Phi) is 4.36. The number of methoxy groups -OCH3 is 1. The van der Waals surface area contributed by atoms with Gasteiger partial charge in [0.1, 0.15) is 5.75 Å². The number of morpholine rings is 1. The van der Waals surface area contributed by atoms with Crippen molar-refractivity contribution in [2.75, 3.05) is 38.7 Å². The van der Waals surface area contributed by atoms with Gasteiger partial charge in [0, 0.05) is 31.2 Å². The summed E-state index contributed by atoms with van der Waals surface area (Å²) < 4.78 is 16.3. The minimum Gasteiger partial charge on any atom is -0.497 e. The fourth-order valence-electron chi connectivity index (χ4n) is 3.01. The number of anilines is 1. The number of aromatic nitrogens is 2. The van der Waals surface area contributed by atoms with E-state index in [0.717, 1.165) is 37.1 Å². The molecule has 24 heavy (non-hydrogen) atoms. The maximum absolute atomic E-state index is 5.82. The van der Waals surface area contributed by atoms with Gasteiger partial charge in [-0.25, -0.2) is 0 Å². The van der Waals surface area contributed by atoms with Crippen LogP contribution in [-0.2, 0) is 4.74 Å². The summed E-state index contributed by atoms with van der Waals surface area (Å²) in [7, 11) is 1.64. The Labute approximate surface area is 140 Å². The zero-order valence-corrected chi connectivity index (χ0v) is 13.8. The summed E-state index contributed by atoms with van der Waals surface area (Å²) in [6.07, 6.45) is 2.81. The first-order chi connectivity index (χ1) is 11.8. The second-order valence-electron chi connectivity index (χ2n) is 6.25. The van der Waals surface area contributed by atoms with Crippen LogP contribution in [-0.4, -0.2) is 60.5 Å². The number of ether oxygens (including phenoxy) is 2. The van der Waals surface area contributed by atoms with E-state index in [1.165, 1.54) is 12.8 Å². The predicted molar refractivity (Wildman–Crippen MR) is 89.1 cm³/mol. The monoisotopic (exact) mass is 330 g/mol. The van der Waals surface area contributed by atoms with Gasteiger partial charge in [-0.15, -0.1) is 0 Å². The molecule has 1 aromatic carbocycles. The van der Waals surface area contributed by atoms with Crippen LogP contribution in [0.3, 0.4) is 0 Å². The highest BCUT2D eigenvalue weighted by atomic mass is 16.5. The van der Waals surface area contributed by atoms with Gasteiger partial charge in [0.25, 0.3) is 0 Å². The summed E-state index contributed by atoms with van der Waals surface area (Å²) >= 11 is 0. The quantitative estimate of drug-likeness (QED) is 0.868. The van der Waals surface area contributed by atoms with Gasteiger partial charge in [-0.1, -0.05) is 17.3 Å². The van der Waals surface area contributed by atoms with Crippen molar-refractivity contribution >= 4 is 6.01 Å². The standard InChI is InChI=1S/C17H22N4O3/c1-22-14-4-2-3-12(9-14)16-19-17(24-20-16)18-10-15-11-21(7-8-23-15)13-5-6-13/h2-4,9,13,15H,5-8,10-11H2,1H3,(H,18,19,20). The molecule has 1 aromatic heterocycles. The Balaban J connectivity index is 1.35. The van der Waals surface area contributed by atoms with Gasteiger partial charge in [-0.3, -0.25) is 4.90 Å². The average molecular weight is 330 g/mol. The van der Waals surface area contributed by atoms with E-state index in [0.29, 0.717) is 18.4 Å². The lowest BCUT2D eigenvalue weighted by Gasteiger charge is -2.32. The maximum Gasteiger partial charge on any atom is 0.321 e. The number of hydrogen-bond donors (Lipinski definition) is 1. The lowest BCUT2D eigenvalue weighted by Crippen LogP contribution is -2.46. The molecule has 1 N–H and O–H groups in total. The molecule has 0 radical (unpaired) electrons. The highest BCUT2D eigenvalue weighted by molar-refractivity contribution is 5.57. The van der Waals surface area contributed by atoms with Crippen molar-refractivity contribution in [2.24, 2.45) is 0 Å². The molecule has 0 amide bonds. The van der Waals surface area contributed by atoms with E-state index in [1.807, 2.05) is 24.3 Å². The van der Waals surface area contributed by atoms with Crippen molar-refractivity contribution in [3.05, 3.63) is 24.3 Å². The van der Waals surface area contributed by atoms with E-state index in [2.05, 4.69) is 20.4 Å². The maximum atomic E-state index is 5.82. The normalized spacial score (nSPS) is 21.6. The number of nitrogens with zero attached hydrogens (tertiary/aromatic N) is 3. The fraction of sp³-hybridized carbons (Fsp3) is 0.529. The summed E-state index contributed by atoms with van der Waals surface area (Å²) in [4.78, 5) is 6.91. The van der Waals surface area contributed by atoms with Crippen LogP contribution in [0.5, 0.6) is 5.75 Å². The van der Waals surface area contributed by atoms with Crippen molar-refractivity contribution in [1.82, 2.24) is 15.0 Å². The number of hydrogen-bond acceptors (Lipinski definition) is 7. The highest BCUT2D eigenvalue weighted by Crippen LogP contribution is 2.28. The molecule has 1 aliphatic heterocycles. The molecule has 1 saturated carbocycles. The molecule has 1 aliphatic carbocycles. The Morgan fingerprint density at radius 1 is 1.38 bits per heavy atom. The molecule has 2 aliphatic rings. The first kappa shape index (κ1) is 15.4. The van der Waals surface area contributed by atoms with Crippen LogP contribution in [0.4, 0.5) is 6.01 Å². The van der Waals surface area contributed by atoms with E-state index in [1.54, 1.807) is 7.11 Å². The Morgan fingerprint density at radius 2 is 2.29 bits per heavy atom. The van der Waals surface area contributed by atoms with Crippen molar-refractivity contribution in [3.63, 3.8) is 0 Å². The lowest BCUT2D eigenvalue weighted by molar-refractivity contribution is -0.0243. The SMILES string of the molecule is COc1cccc(-c2noc(NCC3CN(C4CC4)CCO3)n2)c1. The predicted octanol–water partition coefficient (Wildman–Crippen LogP) is 2.02. The van der Waals surface area contributed by atoms with Crippen LogP contribution >= 0.6 is 0 Å². The first-order valence-corrected chi connectivity index (χ1v) is 8.39. The molecule has 2 aromatic rings. The molecule has 1 saturated heterocycles. The molecule has 128 valence electrons. The molecule has 2 fully saturated rings. The smallest absolute Gasteiger partial charge is 0.321 e. The first-order valence-electron chi connectivity index (χ1n) is 8.39. The summed E-state index contributed by atoms with van der Waals surface area (Å²) in [5.41, 5.74) is 0.861. The number of rotatable bonds is 6. The second-order valence-corrected chi connectivity index (χ2v) is 6.25. The van der Waals surface area contributed by atoms with Gasteiger partial charge < -0.3 is 19.3 Å². The van der Waals surface area contributed by atoms with Crippen molar-refractivity contribution in [2.45, 2.75) is 25.0 Å². The van der Waals surface area contributed by atoms with Crippen molar-refractivity contribution in [1.29, 1.82) is 0 Å². The molecule has 4 rings (SSSR count). The third-order valence-electron chi connectivity index (χ3n) is 4.47. The van der Waals surface area contributed by atoms with Crippen LogP contribution in [0.25, 0.3) is 11.4 Å². The van der Waals surface area contributed by atoms with Crippen LogP contribution in [0.2, 0.25) is 0 Å². The summed E-state index contributed by atoms with van der Waals surface area (Å²) in [5, 5.41) is 7.21. The van der Waals surface area contributed by atoms with E-state index >= 15 is 0 Å². The third-order valence-corrected chi connectivity index (χ3v) is 4.47. The number of benzene rings is 1. The Hall–Kier alpha value is -2.12. The summed E-state index contributed by atoms with van der Waals surface area (Å²) in [6.45, 7) is 3.47. The largest absolute Gasteiger partial charge is 0.497 e. The van der Waals surface area contributed by atoms with Crippen LogP contribution in [0.15, 0.2) is 28.8 Å². The summed E-state index contributed by atoms with van der Waals surface area (Å²) in [6, 6.07) is 8.79. The van der Waals surface area contributed by atoms with Crippen LogP contribution in [0.1, 0.15) is 12.8 Å². The second kappa shape index (κ2) is 6.78. The molecule has 2 heterocycles. The minimum atomic E-state index is 0.159. The van der Waals surface area contributed by atoms with Crippen molar-refractivity contribution in [3.8, 4) is 17.1 Å². The summed E-state index contributed by atoms with van der Waals surface area (Å²) in [5.74, 6) is 1.31. The Bertz CT molecular complexity index is 686. The molecule has 1 atom stereocenters. The fourth-order valence-corrected chi connectivity index (χ4v) is 3.01. The molecule has 1 unspecified atom stereocenters. The van der Waals surface area contributed by atoms with Crippen LogP contribution < -0.4 is 10.1 Å². The Morgan fingerprint density at radius 3 is 3.12 bits per heavy atom. The topological polar surface area (TPSA) is 72.7 Å². The average Bonchev–Trinajstić information content (AvgIpc) is 3.38. The minimum absolute atomic E-state index is 0.159. The lowest BCUT2D eigenvalue weighted by atomic mass is 10.2. The van der Waals surface area contributed by atoms with Gasteiger partial charge in [-0.05, 0) is 25.0 Å². The molecular formula is C17H22N4O3. The number of nitrogens with one attached hydrogen (secondary N) is 1. The van der Waals surface area contributed by atoms with Gasteiger partial charge >= 0.3 is 6.01 Å². The third kappa shape index (κ3) is 3.52. The van der Waals surface area contributed by atoms with E-state index in [9.17, 15) is 0 Å². The molecule has 0 bridgehead atoms. The van der Waals surface area contributed by atoms with E-state index in [4.69, 9.17) is 14.0 Å². The van der Waals surface area contributed by atoms with Gasteiger partial charge in [0.15, 0.2) is 0 Å². The van der Waals surface area contributed by atoms with Crippen molar-refractivity contribution < 1.29 is 14.0 Å². The van der Waals surface area contributed by atoms with Gasteiger partial charge in [-0.2, -0.15) is 4.98 Å². The highest BCUT2D eigenvalue weighted by Gasteiger charge is 2.32. The van der Waals surface area contributed by atoms with Crippen LogP contribution in [0, 0.1) is 0 Å². The van der Waals surface area contributed by atoms with Gasteiger partial charge in [0.05, 0.1) is 19.8 Å². The molecule has 7 heteroatoms. The van der Waals surface area contributed by atoms with E-state index < -0.39 is 0 Å². The molecule has 0 spiro atoms. The zero-order valence-electron chi connectivity index (χ0n) is 13.8. The molecular weight excluding hydrogens is 308 g/mol.